The molecule has 0 atom stereocenters. The first-order chi connectivity index (χ1) is 10.8. The number of hydrogen-bond acceptors (Lipinski definition) is 2. The van der Waals surface area contributed by atoms with Crippen LogP contribution >= 0.6 is 0 Å². The Hall–Kier alpha value is -2.68. The van der Waals surface area contributed by atoms with Crippen LogP contribution in [0.25, 0.3) is 16.8 Å². The van der Waals surface area contributed by atoms with Crippen LogP contribution in [0.4, 0.5) is 0 Å². The number of hydrogen-bond donors (Lipinski definition) is 0. The van der Waals surface area contributed by atoms with Gasteiger partial charge >= 0.3 is 0 Å². The zero-order valence-electron chi connectivity index (χ0n) is 12.9. The Morgan fingerprint density at radius 2 is 1.95 bits per heavy atom. The molecule has 0 aliphatic carbocycles. The molecular formula is C19H19N3. The molecule has 0 unspecified atom stereocenters. The Morgan fingerprint density at radius 3 is 2.64 bits per heavy atom. The SMILES string of the molecule is C/C=C(\C)c1c(-c2ccccc2)ncn1Cc1cccnc1. The lowest BCUT2D eigenvalue weighted by Gasteiger charge is -2.11. The summed E-state index contributed by atoms with van der Waals surface area (Å²) in [6.45, 7) is 4.96. The molecule has 110 valence electrons. The van der Waals surface area contributed by atoms with E-state index in [0.717, 1.165) is 23.5 Å². The van der Waals surface area contributed by atoms with Crippen molar-refractivity contribution in [3.63, 3.8) is 0 Å². The van der Waals surface area contributed by atoms with E-state index in [9.17, 15) is 0 Å². The van der Waals surface area contributed by atoms with Crippen LogP contribution in [0.1, 0.15) is 25.1 Å². The third kappa shape index (κ3) is 2.84. The lowest BCUT2D eigenvalue weighted by atomic mass is 10.1. The number of rotatable bonds is 4. The van der Waals surface area contributed by atoms with Gasteiger partial charge in [-0.2, -0.15) is 0 Å². The van der Waals surface area contributed by atoms with Gasteiger partial charge in [0.1, 0.15) is 0 Å². The molecule has 0 aliphatic rings. The van der Waals surface area contributed by atoms with Crippen molar-refractivity contribution in [1.82, 2.24) is 14.5 Å². The zero-order valence-corrected chi connectivity index (χ0v) is 12.9. The van der Waals surface area contributed by atoms with Gasteiger partial charge in [0, 0.05) is 18.0 Å². The summed E-state index contributed by atoms with van der Waals surface area (Å²) in [4.78, 5) is 8.85. The second-order valence-electron chi connectivity index (χ2n) is 5.27. The van der Waals surface area contributed by atoms with Crippen LogP contribution in [0, 0.1) is 0 Å². The first-order valence-corrected chi connectivity index (χ1v) is 7.42. The molecular weight excluding hydrogens is 270 g/mol. The molecule has 2 heterocycles. The highest BCUT2D eigenvalue weighted by molar-refractivity contribution is 5.76. The van der Waals surface area contributed by atoms with Gasteiger partial charge in [-0.25, -0.2) is 4.98 Å². The molecule has 22 heavy (non-hydrogen) atoms. The number of benzene rings is 1. The number of nitrogens with zero attached hydrogens (tertiary/aromatic N) is 3. The van der Waals surface area contributed by atoms with E-state index in [1.54, 1.807) is 6.20 Å². The third-order valence-electron chi connectivity index (χ3n) is 3.77. The van der Waals surface area contributed by atoms with Crippen molar-refractivity contribution in [1.29, 1.82) is 0 Å². The minimum Gasteiger partial charge on any atom is -0.326 e. The van der Waals surface area contributed by atoms with Crippen LogP contribution in [-0.4, -0.2) is 14.5 Å². The van der Waals surface area contributed by atoms with Gasteiger partial charge in [0.2, 0.25) is 0 Å². The normalized spacial score (nSPS) is 11.6. The molecule has 0 bridgehead atoms. The largest absolute Gasteiger partial charge is 0.326 e. The van der Waals surface area contributed by atoms with E-state index in [1.165, 1.54) is 11.1 Å². The number of pyridine rings is 1. The number of imidazole rings is 1. The highest BCUT2D eigenvalue weighted by Gasteiger charge is 2.14. The molecule has 3 rings (SSSR count). The van der Waals surface area contributed by atoms with Gasteiger partial charge < -0.3 is 4.57 Å². The molecule has 3 nitrogen and oxygen atoms in total. The predicted molar refractivity (Wildman–Crippen MR) is 90.3 cm³/mol. The second-order valence-corrected chi connectivity index (χ2v) is 5.27. The molecule has 0 saturated heterocycles. The Balaban J connectivity index is 2.06. The van der Waals surface area contributed by atoms with Crippen LogP contribution in [0.15, 0.2) is 67.3 Å². The van der Waals surface area contributed by atoms with Gasteiger partial charge in [-0.1, -0.05) is 42.5 Å². The summed E-state index contributed by atoms with van der Waals surface area (Å²) >= 11 is 0. The van der Waals surface area contributed by atoms with Gasteiger partial charge in [-0.3, -0.25) is 4.98 Å². The minimum absolute atomic E-state index is 0.772. The Bertz CT molecular complexity index is 771. The van der Waals surface area contributed by atoms with E-state index in [2.05, 4.69) is 52.7 Å². The fourth-order valence-electron chi connectivity index (χ4n) is 2.55. The molecule has 3 heteroatoms. The van der Waals surface area contributed by atoms with Crippen molar-refractivity contribution < 1.29 is 0 Å². The van der Waals surface area contributed by atoms with Crippen LogP contribution in [-0.2, 0) is 6.54 Å². The predicted octanol–water partition coefficient (Wildman–Crippen LogP) is 4.42. The monoisotopic (exact) mass is 289 g/mol. The summed E-state index contributed by atoms with van der Waals surface area (Å²) in [7, 11) is 0. The molecule has 3 aromatic rings. The summed E-state index contributed by atoms with van der Waals surface area (Å²) in [6.07, 6.45) is 7.74. The van der Waals surface area contributed by atoms with Crippen molar-refractivity contribution in [2.75, 3.05) is 0 Å². The minimum atomic E-state index is 0.772. The smallest absolute Gasteiger partial charge is 0.0961 e. The molecule has 0 N–H and O–H groups in total. The summed E-state index contributed by atoms with van der Waals surface area (Å²) in [5.41, 5.74) is 5.73. The maximum atomic E-state index is 4.65. The topological polar surface area (TPSA) is 30.7 Å². The molecule has 1 aromatic carbocycles. The molecule has 0 radical (unpaired) electrons. The Kier molecular flexibility index (Phi) is 4.15. The second kappa shape index (κ2) is 6.39. The van der Waals surface area contributed by atoms with Crippen molar-refractivity contribution in [3.05, 3.63) is 78.5 Å². The van der Waals surface area contributed by atoms with E-state index in [1.807, 2.05) is 36.8 Å². The third-order valence-corrected chi connectivity index (χ3v) is 3.77. The summed E-state index contributed by atoms with van der Waals surface area (Å²) in [5.74, 6) is 0. The van der Waals surface area contributed by atoms with E-state index >= 15 is 0 Å². The van der Waals surface area contributed by atoms with Crippen molar-refractivity contribution in [3.8, 4) is 11.3 Å². The molecule has 0 saturated carbocycles. The maximum absolute atomic E-state index is 4.65. The summed E-state index contributed by atoms with van der Waals surface area (Å²) in [6, 6.07) is 14.4. The fourth-order valence-corrected chi connectivity index (χ4v) is 2.55. The lowest BCUT2D eigenvalue weighted by Crippen LogP contribution is -2.03. The van der Waals surface area contributed by atoms with Crippen molar-refractivity contribution in [2.45, 2.75) is 20.4 Å². The number of allylic oxidation sites excluding steroid dienone is 2. The average molecular weight is 289 g/mol. The van der Waals surface area contributed by atoms with Gasteiger partial charge in [0.15, 0.2) is 0 Å². The first-order valence-electron chi connectivity index (χ1n) is 7.42. The highest BCUT2D eigenvalue weighted by atomic mass is 15.1. The van der Waals surface area contributed by atoms with Crippen LogP contribution in [0.2, 0.25) is 0 Å². The van der Waals surface area contributed by atoms with Gasteiger partial charge in [0.25, 0.3) is 0 Å². The van der Waals surface area contributed by atoms with Crippen molar-refractivity contribution >= 4 is 5.57 Å². The Morgan fingerprint density at radius 1 is 1.14 bits per heavy atom. The molecule has 0 fully saturated rings. The molecule has 0 amide bonds. The first kappa shape index (κ1) is 14.3. The zero-order chi connectivity index (χ0) is 15.4. The van der Waals surface area contributed by atoms with E-state index in [-0.39, 0.29) is 0 Å². The van der Waals surface area contributed by atoms with E-state index in [0.29, 0.717) is 0 Å². The van der Waals surface area contributed by atoms with E-state index < -0.39 is 0 Å². The summed E-state index contributed by atoms with van der Waals surface area (Å²) < 4.78 is 2.19. The van der Waals surface area contributed by atoms with Gasteiger partial charge in [-0.05, 0) is 31.1 Å². The molecule has 2 aromatic heterocycles. The lowest BCUT2D eigenvalue weighted by molar-refractivity contribution is 0.782. The Labute approximate surface area is 131 Å². The van der Waals surface area contributed by atoms with Crippen LogP contribution < -0.4 is 0 Å². The summed E-state index contributed by atoms with van der Waals surface area (Å²) in [5, 5.41) is 0. The molecule has 0 spiro atoms. The maximum Gasteiger partial charge on any atom is 0.0961 e. The molecule has 0 aliphatic heterocycles. The average Bonchev–Trinajstić information content (AvgIpc) is 2.99. The fraction of sp³-hybridized carbons (Fsp3) is 0.158. The standard InChI is InChI=1S/C19H19N3/c1-3-15(2)19-18(17-9-5-4-6-10-17)21-14-22(19)13-16-8-7-11-20-12-16/h3-12,14H,13H2,1-2H3/b15-3+. The van der Waals surface area contributed by atoms with E-state index in [4.69, 9.17) is 0 Å². The highest BCUT2D eigenvalue weighted by Crippen LogP contribution is 2.28. The van der Waals surface area contributed by atoms with Crippen LogP contribution in [0.3, 0.4) is 0 Å². The van der Waals surface area contributed by atoms with Gasteiger partial charge in [0.05, 0.1) is 24.3 Å². The van der Waals surface area contributed by atoms with Gasteiger partial charge in [-0.15, -0.1) is 0 Å². The van der Waals surface area contributed by atoms with Crippen molar-refractivity contribution in [2.24, 2.45) is 0 Å². The van der Waals surface area contributed by atoms with Crippen LogP contribution in [0.5, 0.6) is 0 Å². The number of aromatic nitrogens is 3. The quantitative estimate of drug-likeness (QED) is 0.712.